The van der Waals surface area contributed by atoms with Crippen LogP contribution in [0.5, 0.6) is 0 Å². The number of esters is 2. The molecule has 0 radical (unpaired) electrons. The number of hydrogen-bond donors (Lipinski definition) is 1. The topological polar surface area (TPSA) is 95.9 Å². The molecule has 138 valence electrons. The molecule has 3 aliphatic rings. The van der Waals surface area contributed by atoms with Gasteiger partial charge in [0.25, 0.3) is 0 Å². The lowest BCUT2D eigenvalue weighted by Crippen LogP contribution is -2.49. The number of ether oxygens (including phenoxy) is 2. The lowest BCUT2D eigenvalue weighted by Gasteiger charge is -2.41. The first kappa shape index (κ1) is 18.1. The summed E-state index contributed by atoms with van der Waals surface area (Å²) in [7, 11) is 0. The molecule has 7 nitrogen and oxygen atoms in total. The van der Waals surface area contributed by atoms with Gasteiger partial charge < -0.3 is 24.4 Å². The predicted molar refractivity (Wildman–Crippen MR) is 88.9 cm³/mol. The number of quaternary nitrogens is 1. The summed E-state index contributed by atoms with van der Waals surface area (Å²) in [6.07, 6.45) is 3.57. The number of hydrogen-bond acceptors (Lipinski definition) is 6. The Hall–Kier alpha value is -1.70. The highest BCUT2D eigenvalue weighted by atomic mass is 16.6. The van der Waals surface area contributed by atoms with Crippen molar-refractivity contribution < 1.29 is 28.8 Å². The zero-order valence-corrected chi connectivity index (χ0v) is 14.9. The van der Waals surface area contributed by atoms with Gasteiger partial charge in [0.1, 0.15) is 6.61 Å². The van der Waals surface area contributed by atoms with Crippen LogP contribution in [0.25, 0.3) is 0 Å². The first-order chi connectivity index (χ1) is 11.7. The van der Waals surface area contributed by atoms with E-state index in [1.54, 1.807) is 26.0 Å². The van der Waals surface area contributed by atoms with Crippen LogP contribution in [0.1, 0.15) is 33.6 Å². The number of carbonyl (C=O) groups excluding carboxylic acids is 2. The van der Waals surface area contributed by atoms with E-state index >= 15 is 0 Å². The number of cyclic esters (lactones) is 1. The predicted octanol–water partition coefficient (Wildman–Crippen LogP) is 1.21. The average Bonchev–Trinajstić information content (AvgIpc) is 3.05. The zero-order valence-electron chi connectivity index (χ0n) is 14.9. The van der Waals surface area contributed by atoms with Gasteiger partial charge in [0.2, 0.25) is 0 Å². The molecule has 0 aromatic rings. The summed E-state index contributed by atoms with van der Waals surface area (Å²) in [5, 5.41) is 23.5. The Bertz CT molecular complexity index is 652. The van der Waals surface area contributed by atoms with Crippen molar-refractivity contribution in [1.29, 1.82) is 0 Å². The summed E-state index contributed by atoms with van der Waals surface area (Å²) < 4.78 is 10.5. The largest absolute Gasteiger partial charge is 0.632 e. The lowest BCUT2D eigenvalue weighted by molar-refractivity contribution is -0.877. The molecule has 0 amide bonds. The number of rotatable bonds is 0. The Balaban J connectivity index is 1.94. The second kappa shape index (κ2) is 6.23. The summed E-state index contributed by atoms with van der Waals surface area (Å²) in [6.45, 7) is 5.39. The Morgan fingerprint density at radius 2 is 2.16 bits per heavy atom. The van der Waals surface area contributed by atoms with Crippen LogP contribution in [0.15, 0.2) is 23.3 Å². The number of aliphatic hydroxyl groups is 1. The van der Waals surface area contributed by atoms with Crippen molar-refractivity contribution in [3.05, 3.63) is 28.5 Å². The minimum Gasteiger partial charge on any atom is -0.632 e. The van der Waals surface area contributed by atoms with Crippen molar-refractivity contribution in [1.82, 2.24) is 0 Å². The van der Waals surface area contributed by atoms with Crippen LogP contribution in [0, 0.1) is 11.1 Å². The Kier molecular flexibility index (Phi) is 4.51. The Morgan fingerprint density at radius 3 is 2.84 bits per heavy atom. The molecular formula is C18H25NO6. The summed E-state index contributed by atoms with van der Waals surface area (Å²) in [5.41, 5.74) is -0.670. The molecule has 0 aliphatic carbocycles. The van der Waals surface area contributed by atoms with Gasteiger partial charge in [0.15, 0.2) is 17.7 Å². The fourth-order valence-electron chi connectivity index (χ4n) is 3.91. The summed E-state index contributed by atoms with van der Waals surface area (Å²) in [6, 6.07) is -0.531. The van der Waals surface area contributed by atoms with Gasteiger partial charge in [-0.05, 0) is 32.3 Å². The standard InChI is InChI=1S/C18H25NO6/c1-4-12-9-11(2)18(3,22)17(21)24-10-13-5-7-19(23)8-6-14(15(13)19)25-16(12)20/h4-5,11,14-15,22H,6-10H2,1-3H3/b12-4+/t11-,14-,15-,18-,19-/m1/s1. The molecule has 2 saturated heterocycles. The second-order valence-electron chi connectivity index (χ2n) is 7.46. The van der Waals surface area contributed by atoms with Gasteiger partial charge in [-0.2, -0.15) is 0 Å². The van der Waals surface area contributed by atoms with Gasteiger partial charge in [0.05, 0.1) is 13.1 Å². The van der Waals surface area contributed by atoms with Gasteiger partial charge in [-0.1, -0.05) is 13.0 Å². The Labute approximate surface area is 147 Å². The number of nitrogens with zero attached hydrogens (tertiary/aromatic N) is 1. The van der Waals surface area contributed by atoms with Crippen LogP contribution in [0.2, 0.25) is 0 Å². The monoisotopic (exact) mass is 351 g/mol. The summed E-state index contributed by atoms with van der Waals surface area (Å²) in [5.74, 6) is -1.75. The molecule has 2 fully saturated rings. The van der Waals surface area contributed by atoms with E-state index in [0.29, 0.717) is 24.1 Å². The molecule has 1 N–H and O–H groups in total. The SMILES string of the molecule is C/C=C1\C[C@@H](C)[C@@](C)(O)C(=O)OCC2=CC[N@@+]3([O-])CC[C@@H](OC1=O)[C@@H]23. The second-order valence-corrected chi connectivity index (χ2v) is 7.46. The van der Waals surface area contributed by atoms with Crippen LogP contribution in [0.3, 0.4) is 0 Å². The fourth-order valence-corrected chi connectivity index (χ4v) is 3.91. The van der Waals surface area contributed by atoms with Crippen molar-refractivity contribution in [2.45, 2.75) is 51.4 Å². The van der Waals surface area contributed by atoms with Gasteiger partial charge >= 0.3 is 11.9 Å². The highest BCUT2D eigenvalue weighted by Gasteiger charge is 2.51. The van der Waals surface area contributed by atoms with E-state index in [-0.39, 0.29) is 19.6 Å². The fraction of sp³-hybridized carbons (Fsp3) is 0.667. The Morgan fingerprint density at radius 1 is 1.44 bits per heavy atom. The number of hydroxylamine groups is 3. The maximum Gasteiger partial charge on any atom is 0.338 e. The van der Waals surface area contributed by atoms with Crippen molar-refractivity contribution in [2.24, 2.45) is 5.92 Å². The minimum atomic E-state index is -1.73. The minimum absolute atomic E-state index is 0.0564. The van der Waals surface area contributed by atoms with Gasteiger partial charge in [-0.15, -0.1) is 0 Å². The molecule has 3 rings (SSSR count). The highest BCUT2D eigenvalue weighted by Crippen LogP contribution is 2.39. The van der Waals surface area contributed by atoms with E-state index in [4.69, 9.17) is 9.47 Å². The zero-order chi connectivity index (χ0) is 18.4. The molecule has 0 unspecified atom stereocenters. The average molecular weight is 351 g/mol. The molecule has 0 aromatic carbocycles. The van der Waals surface area contributed by atoms with Gasteiger partial charge in [-0.3, -0.25) is 0 Å². The molecule has 0 bridgehead atoms. The van der Waals surface area contributed by atoms with Crippen molar-refractivity contribution in [3.8, 4) is 0 Å². The van der Waals surface area contributed by atoms with Crippen LogP contribution in [-0.4, -0.2) is 59.1 Å². The maximum atomic E-state index is 12.9. The van der Waals surface area contributed by atoms with Gasteiger partial charge in [0, 0.05) is 17.6 Å². The normalized spacial score (nSPS) is 43.6. The molecule has 3 heterocycles. The van der Waals surface area contributed by atoms with E-state index in [9.17, 15) is 19.9 Å². The third-order valence-electron chi connectivity index (χ3n) is 5.83. The van der Waals surface area contributed by atoms with E-state index < -0.39 is 40.2 Å². The smallest absolute Gasteiger partial charge is 0.338 e. The summed E-state index contributed by atoms with van der Waals surface area (Å²) >= 11 is 0. The van der Waals surface area contributed by atoms with Gasteiger partial charge in [-0.25, -0.2) is 9.59 Å². The third-order valence-corrected chi connectivity index (χ3v) is 5.83. The summed E-state index contributed by atoms with van der Waals surface area (Å²) in [4.78, 5) is 24.9. The number of allylic oxidation sites excluding steroid dienone is 1. The molecule has 25 heavy (non-hydrogen) atoms. The number of carbonyl (C=O) groups is 2. The molecule has 5 atom stereocenters. The third kappa shape index (κ3) is 3.01. The molecule has 0 spiro atoms. The molecule has 0 saturated carbocycles. The first-order valence-corrected chi connectivity index (χ1v) is 8.71. The quantitative estimate of drug-likeness (QED) is 0.232. The molecule has 3 aliphatic heterocycles. The van der Waals surface area contributed by atoms with Crippen LogP contribution in [0.4, 0.5) is 0 Å². The molecule has 7 heteroatoms. The lowest BCUT2D eigenvalue weighted by atomic mass is 9.85. The molecular weight excluding hydrogens is 326 g/mol. The van der Waals surface area contributed by atoms with Crippen molar-refractivity contribution in [2.75, 3.05) is 19.7 Å². The molecule has 0 aromatic heterocycles. The van der Waals surface area contributed by atoms with E-state index in [1.807, 2.05) is 0 Å². The highest BCUT2D eigenvalue weighted by molar-refractivity contribution is 5.89. The first-order valence-electron chi connectivity index (χ1n) is 8.71. The van der Waals surface area contributed by atoms with Crippen molar-refractivity contribution >= 4 is 11.9 Å². The van der Waals surface area contributed by atoms with E-state index in [2.05, 4.69) is 0 Å². The van der Waals surface area contributed by atoms with Crippen LogP contribution in [-0.2, 0) is 19.1 Å². The van der Waals surface area contributed by atoms with Crippen LogP contribution < -0.4 is 0 Å². The maximum absolute atomic E-state index is 12.9. The van der Waals surface area contributed by atoms with E-state index in [1.165, 1.54) is 6.92 Å². The van der Waals surface area contributed by atoms with E-state index in [0.717, 1.165) is 0 Å². The van der Waals surface area contributed by atoms with Crippen molar-refractivity contribution in [3.63, 3.8) is 0 Å². The van der Waals surface area contributed by atoms with Crippen LogP contribution >= 0.6 is 0 Å².